The van der Waals surface area contributed by atoms with E-state index in [2.05, 4.69) is 0 Å². The van der Waals surface area contributed by atoms with E-state index in [1.54, 1.807) is 36.4 Å². The summed E-state index contributed by atoms with van der Waals surface area (Å²) in [5.74, 6) is 0. The van der Waals surface area contributed by atoms with Crippen LogP contribution >= 0.6 is 20.5 Å². The van der Waals surface area contributed by atoms with Crippen molar-refractivity contribution in [3.63, 3.8) is 0 Å². The Labute approximate surface area is 192 Å². The first-order valence-electron chi connectivity index (χ1n) is 9.32. The number of hydrogen-bond acceptors (Lipinski definition) is 5. The van der Waals surface area contributed by atoms with Gasteiger partial charge in [0.25, 0.3) is 0 Å². The van der Waals surface area contributed by atoms with Gasteiger partial charge in [-0.05, 0) is 0 Å². The van der Waals surface area contributed by atoms with Crippen molar-refractivity contribution in [3.8, 4) is 0 Å². The monoisotopic (exact) mass is 573 g/mol. The van der Waals surface area contributed by atoms with Crippen LogP contribution in [0.2, 0.25) is 0 Å². The molecular formula is C22H24INO5S2. The van der Waals surface area contributed by atoms with Gasteiger partial charge in [-0.3, -0.25) is 0 Å². The van der Waals surface area contributed by atoms with Crippen LogP contribution < -0.4 is 0 Å². The second-order valence-electron chi connectivity index (χ2n) is 6.97. The average Bonchev–Trinajstić information content (AvgIpc) is 2.73. The van der Waals surface area contributed by atoms with Crippen molar-refractivity contribution in [1.82, 2.24) is 1.92 Å². The van der Waals surface area contributed by atoms with Gasteiger partial charge in [0.15, 0.2) is 0 Å². The fraction of sp³-hybridized carbons (Fsp3) is 0.182. The molecule has 3 rings (SSSR count). The van der Waals surface area contributed by atoms with Crippen molar-refractivity contribution < 1.29 is 19.9 Å². The fourth-order valence-electron chi connectivity index (χ4n) is 2.75. The standard InChI is InChI=1S/C22H24INO5S2/c1-17-5-11-20(12-6-17)23(29-4)24(30(25,26)21-13-7-18(2)8-14-21)31(27,28)22-15-9-19(3)10-16-22/h5-16H,1-4H3. The quantitative estimate of drug-likeness (QED) is 0.299. The molecule has 0 saturated heterocycles. The molecule has 0 fully saturated rings. The van der Waals surface area contributed by atoms with Crippen LogP contribution in [0.1, 0.15) is 16.7 Å². The van der Waals surface area contributed by atoms with Gasteiger partial charge in [0.1, 0.15) is 0 Å². The Morgan fingerprint density at radius 1 is 0.613 bits per heavy atom. The summed E-state index contributed by atoms with van der Waals surface area (Å²) in [6.45, 7) is 5.56. The molecule has 0 bridgehead atoms. The number of halogens is 1. The van der Waals surface area contributed by atoms with Crippen LogP contribution in [0.15, 0.2) is 82.6 Å². The minimum atomic E-state index is -4.41. The molecule has 0 aliphatic carbocycles. The summed E-state index contributed by atoms with van der Waals surface area (Å²) >= 11 is -3.39. The van der Waals surface area contributed by atoms with Gasteiger partial charge in [0, 0.05) is 0 Å². The molecule has 0 aliphatic rings. The van der Waals surface area contributed by atoms with Crippen LogP contribution in [0.25, 0.3) is 0 Å². The summed E-state index contributed by atoms with van der Waals surface area (Å²) in [4.78, 5) is -0.194. The molecule has 0 aliphatic heterocycles. The normalized spacial score (nSPS) is 12.7. The first kappa shape index (κ1) is 23.9. The van der Waals surface area contributed by atoms with Crippen LogP contribution in [0.4, 0.5) is 0 Å². The van der Waals surface area contributed by atoms with E-state index in [9.17, 15) is 16.8 Å². The number of sulfonamides is 2. The Bertz CT molecular complexity index is 1180. The van der Waals surface area contributed by atoms with Gasteiger partial charge in [0.2, 0.25) is 0 Å². The Balaban J connectivity index is 2.25. The molecule has 3 aromatic carbocycles. The molecule has 0 amide bonds. The minimum absolute atomic E-state index is 0.0970. The van der Waals surface area contributed by atoms with Crippen molar-refractivity contribution >= 4 is 40.6 Å². The Kier molecular flexibility index (Phi) is 7.21. The van der Waals surface area contributed by atoms with Crippen LogP contribution in [-0.4, -0.2) is 25.9 Å². The third kappa shape index (κ3) is 5.01. The van der Waals surface area contributed by atoms with Crippen LogP contribution in [0, 0.1) is 24.3 Å². The zero-order chi connectivity index (χ0) is 22.8. The molecule has 0 atom stereocenters. The molecule has 0 N–H and O–H groups in total. The van der Waals surface area contributed by atoms with E-state index < -0.39 is 40.6 Å². The Morgan fingerprint density at radius 3 is 1.26 bits per heavy atom. The van der Waals surface area contributed by atoms with Crippen molar-refractivity contribution in [3.05, 3.63) is 93.1 Å². The summed E-state index contributed by atoms with van der Waals surface area (Å²) < 4.78 is 61.5. The van der Waals surface area contributed by atoms with Gasteiger partial charge in [-0.25, -0.2) is 0 Å². The SMILES string of the molecule is COI(c1ccc(C)cc1)N(S(=O)(=O)c1ccc(C)cc1)S(=O)(=O)c1ccc(C)cc1. The molecule has 166 valence electrons. The number of nitrogens with zero attached hydrogens (tertiary/aromatic N) is 1. The molecule has 0 aromatic heterocycles. The van der Waals surface area contributed by atoms with Gasteiger partial charge in [0.05, 0.1) is 0 Å². The summed E-state index contributed by atoms with van der Waals surface area (Å²) in [5.41, 5.74) is 2.71. The molecule has 0 spiro atoms. The van der Waals surface area contributed by atoms with E-state index >= 15 is 0 Å². The molecule has 31 heavy (non-hydrogen) atoms. The van der Waals surface area contributed by atoms with E-state index in [1.165, 1.54) is 31.4 Å². The first-order valence-corrected chi connectivity index (χ1v) is 15.1. The van der Waals surface area contributed by atoms with E-state index in [0.29, 0.717) is 5.49 Å². The number of benzene rings is 3. The zero-order valence-electron chi connectivity index (χ0n) is 17.6. The third-order valence-electron chi connectivity index (χ3n) is 4.48. The van der Waals surface area contributed by atoms with Crippen LogP contribution in [0.5, 0.6) is 0 Å². The molecule has 0 heterocycles. The molecule has 9 heteroatoms. The molecule has 0 radical (unpaired) electrons. The third-order valence-corrected chi connectivity index (χ3v) is 16.3. The van der Waals surface area contributed by atoms with Crippen molar-refractivity contribution in [2.24, 2.45) is 0 Å². The summed E-state index contributed by atoms with van der Waals surface area (Å²) in [6, 6.07) is 19.3. The van der Waals surface area contributed by atoms with E-state index in [4.69, 9.17) is 3.07 Å². The van der Waals surface area contributed by atoms with E-state index in [1.807, 2.05) is 32.9 Å². The van der Waals surface area contributed by atoms with Gasteiger partial charge >= 0.3 is 193 Å². The predicted molar refractivity (Wildman–Crippen MR) is 129 cm³/mol. The summed E-state index contributed by atoms with van der Waals surface area (Å²) in [7, 11) is -7.47. The molecule has 6 nitrogen and oxygen atoms in total. The van der Waals surface area contributed by atoms with E-state index in [0.717, 1.165) is 16.7 Å². The van der Waals surface area contributed by atoms with Crippen LogP contribution in [-0.2, 0) is 23.1 Å². The number of rotatable bonds is 7. The summed E-state index contributed by atoms with van der Waals surface area (Å²) in [6.07, 6.45) is 0. The number of aryl methyl sites for hydroxylation is 3. The van der Waals surface area contributed by atoms with Gasteiger partial charge in [-0.2, -0.15) is 0 Å². The number of hydrogen-bond donors (Lipinski definition) is 0. The average molecular weight is 573 g/mol. The summed E-state index contributed by atoms with van der Waals surface area (Å²) in [5, 5.41) is 0. The topological polar surface area (TPSA) is 80.8 Å². The van der Waals surface area contributed by atoms with Gasteiger partial charge < -0.3 is 0 Å². The fourth-order valence-corrected chi connectivity index (χ4v) is 14.2. The van der Waals surface area contributed by atoms with Crippen molar-refractivity contribution in [1.29, 1.82) is 0 Å². The maximum atomic E-state index is 13.7. The van der Waals surface area contributed by atoms with E-state index in [-0.39, 0.29) is 9.79 Å². The van der Waals surface area contributed by atoms with Crippen molar-refractivity contribution in [2.45, 2.75) is 30.6 Å². The van der Waals surface area contributed by atoms with Crippen LogP contribution in [0.3, 0.4) is 0 Å². The molecule has 3 aromatic rings. The Morgan fingerprint density at radius 2 is 0.935 bits per heavy atom. The van der Waals surface area contributed by atoms with Gasteiger partial charge in [-0.1, -0.05) is 0 Å². The molecular weight excluding hydrogens is 549 g/mol. The zero-order valence-corrected chi connectivity index (χ0v) is 21.4. The molecule has 0 unspecified atom stereocenters. The first-order chi connectivity index (χ1) is 14.6. The maximum absolute atomic E-state index is 13.7. The van der Waals surface area contributed by atoms with Crippen molar-refractivity contribution in [2.75, 3.05) is 7.11 Å². The predicted octanol–water partition coefficient (Wildman–Crippen LogP) is 4.84. The Hall–Kier alpha value is -1.79. The second kappa shape index (κ2) is 9.37. The molecule has 0 saturated carbocycles. The second-order valence-corrected chi connectivity index (χ2v) is 16.5. The van der Waals surface area contributed by atoms with Gasteiger partial charge in [-0.15, -0.1) is 0 Å².